The topological polar surface area (TPSA) is 81.2 Å². The molecule has 0 unspecified atom stereocenters. The van der Waals surface area contributed by atoms with E-state index in [0.29, 0.717) is 12.5 Å². The molecule has 0 bridgehead atoms. The average Bonchev–Trinajstić information content (AvgIpc) is 3.36. The molecular weight excluding hydrogens is 398 g/mol. The lowest BCUT2D eigenvalue weighted by atomic mass is 9.97. The molecule has 1 aliphatic heterocycles. The molecule has 0 aliphatic carbocycles. The van der Waals surface area contributed by atoms with Crippen LogP contribution in [-0.2, 0) is 6.54 Å². The Labute approximate surface area is 177 Å². The van der Waals surface area contributed by atoms with Gasteiger partial charge in [0, 0.05) is 38.1 Å². The number of thiazole rings is 1. The van der Waals surface area contributed by atoms with Gasteiger partial charge in [-0.1, -0.05) is 0 Å². The molecular formula is C21H23N7OS. The van der Waals surface area contributed by atoms with Gasteiger partial charge in [0.2, 0.25) is 0 Å². The Balaban J connectivity index is 1.31. The molecule has 0 atom stereocenters. The number of anilines is 1. The van der Waals surface area contributed by atoms with E-state index in [4.69, 9.17) is 0 Å². The molecule has 154 valence electrons. The first-order chi connectivity index (χ1) is 14.6. The highest BCUT2D eigenvalue weighted by atomic mass is 32.1. The highest BCUT2D eigenvalue weighted by Crippen LogP contribution is 2.28. The standard InChI is InChI=1S/C21H23N7OS/c1-14-20(30-15(2)24-14)17-3-4-19(29)28(25-17)13-16-6-10-26(11-7-16)21-18-5-8-23-27(18)12-9-22-21/h3-5,8-9,12,16H,6-7,10-11,13H2,1-2H3. The van der Waals surface area contributed by atoms with Crippen molar-refractivity contribution in [1.29, 1.82) is 0 Å². The van der Waals surface area contributed by atoms with E-state index in [0.717, 1.165) is 58.5 Å². The van der Waals surface area contributed by atoms with Crippen molar-refractivity contribution in [3.8, 4) is 10.6 Å². The Morgan fingerprint density at radius 2 is 1.97 bits per heavy atom. The van der Waals surface area contributed by atoms with Crippen LogP contribution in [0, 0.1) is 19.8 Å². The molecule has 4 aromatic heterocycles. The molecule has 30 heavy (non-hydrogen) atoms. The number of rotatable bonds is 4. The van der Waals surface area contributed by atoms with Crippen LogP contribution in [0.1, 0.15) is 23.5 Å². The fraction of sp³-hybridized carbons (Fsp3) is 0.381. The van der Waals surface area contributed by atoms with Gasteiger partial charge in [-0.05, 0) is 44.7 Å². The van der Waals surface area contributed by atoms with Gasteiger partial charge in [0.05, 0.1) is 21.8 Å². The second-order valence-electron chi connectivity index (χ2n) is 7.73. The van der Waals surface area contributed by atoms with Crippen LogP contribution >= 0.6 is 11.3 Å². The number of aryl methyl sites for hydroxylation is 2. The quantitative estimate of drug-likeness (QED) is 0.504. The molecule has 1 fully saturated rings. The van der Waals surface area contributed by atoms with Crippen LogP contribution in [-0.4, -0.2) is 42.5 Å². The highest BCUT2D eigenvalue weighted by Gasteiger charge is 2.23. The van der Waals surface area contributed by atoms with Crippen molar-refractivity contribution in [1.82, 2.24) is 29.4 Å². The lowest BCUT2D eigenvalue weighted by molar-refractivity contribution is 0.335. The van der Waals surface area contributed by atoms with E-state index in [1.807, 2.05) is 30.6 Å². The summed E-state index contributed by atoms with van der Waals surface area (Å²) in [7, 11) is 0. The van der Waals surface area contributed by atoms with Crippen LogP contribution in [0.2, 0.25) is 0 Å². The summed E-state index contributed by atoms with van der Waals surface area (Å²) < 4.78 is 3.48. The van der Waals surface area contributed by atoms with Crippen LogP contribution < -0.4 is 10.5 Å². The Morgan fingerprint density at radius 3 is 2.73 bits per heavy atom. The van der Waals surface area contributed by atoms with E-state index < -0.39 is 0 Å². The monoisotopic (exact) mass is 421 g/mol. The van der Waals surface area contributed by atoms with Crippen LogP contribution in [0.4, 0.5) is 5.82 Å². The molecule has 0 N–H and O–H groups in total. The fourth-order valence-corrected chi connectivity index (χ4v) is 5.01. The molecule has 5 rings (SSSR count). The van der Waals surface area contributed by atoms with E-state index in [1.54, 1.807) is 40.5 Å². The first-order valence-corrected chi connectivity index (χ1v) is 11.0. The summed E-state index contributed by atoms with van der Waals surface area (Å²) in [5.41, 5.74) is 2.76. The third kappa shape index (κ3) is 3.49. The maximum atomic E-state index is 12.4. The second-order valence-corrected chi connectivity index (χ2v) is 8.93. The molecule has 1 saturated heterocycles. The minimum atomic E-state index is -0.0502. The maximum Gasteiger partial charge on any atom is 0.266 e. The minimum absolute atomic E-state index is 0.0502. The van der Waals surface area contributed by atoms with Crippen LogP contribution in [0.15, 0.2) is 41.6 Å². The number of hydrogen-bond donors (Lipinski definition) is 0. The molecule has 1 aliphatic rings. The summed E-state index contributed by atoms with van der Waals surface area (Å²) >= 11 is 1.62. The highest BCUT2D eigenvalue weighted by molar-refractivity contribution is 7.15. The van der Waals surface area contributed by atoms with E-state index in [2.05, 4.69) is 25.1 Å². The predicted octanol–water partition coefficient (Wildman–Crippen LogP) is 2.94. The molecule has 4 aromatic rings. The van der Waals surface area contributed by atoms with Gasteiger partial charge in [0.15, 0.2) is 5.82 Å². The van der Waals surface area contributed by atoms with Gasteiger partial charge >= 0.3 is 0 Å². The van der Waals surface area contributed by atoms with Gasteiger partial charge in [0.1, 0.15) is 11.2 Å². The van der Waals surface area contributed by atoms with Crippen LogP contribution in [0.5, 0.6) is 0 Å². The van der Waals surface area contributed by atoms with Gasteiger partial charge in [-0.15, -0.1) is 11.3 Å². The third-order valence-electron chi connectivity index (χ3n) is 5.65. The summed E-state index contributed by atoms with van der Waals surface area (Å²) in [5.74, 6) is 1.39. The third-order valence-corrected chi connectivity index (χ3v) is 6.75. The van der Waals surface area contributed by atoms with Gasteiger partial charge in [-0.2, -0.15) is 10.2 Å². The lowest BCUT2D eigenvalue weighted by Gasteiger charge is -2.33. The van der Waals surface area contributed by atoms with E-state index in [1.165, 1.54) is 0 Å². The molecule has 0 aromatic carbocycles. The van der Waals surface area contributed by atoms with E-state index in [9.17, 15) is 4.79 Å². The summed E-state index contributed by atoms with van der Waals surface area (Å²) in [6.45, 7) is 6.43. The fourth-order valence-electron chi connectivity index (χ4n) is 4.13. The average molecular weight is 422 g/mol. The number of nitrogens with zero attached hydrogens (tertiary/aromatic N) is 7. The Morgan fingerprint density at radius 1 is 1.13 bits per heavy atom. The number of hydrogen-bond acceptors (Lipinski definition) is 7. The molecule has 9 heteroatoms. The molecule has 5 heterocycles. The van der Waals surface area contributed by atoms with E-state index >= 15 is 0 Å². The Bertz CT molecular complexity index is 1250. The van der Waals surface area contributed by atoms with Gasteiger partial charge in [0.25, 0.3) is 5.56 Å². The van der Waals surface area contributed by atoms with Crippen molar-refractivity contribution >= 4 is 22.7 Å². The normalized spacial score (nSPS) is 15.2. The SMILES string of the molecule is Cc1nc(C)c(-c2ccc(=O)n(CC3CCN(c4nccn5nccc45)CC3)n2)s1. The summed E-state index contributed by atoms with van der Waals surface area (Å²) in [6.07, 6.45) is 7.44. The summed E-state index contributed by atoms with van der Waals surface area (Å²) in [6, 6.07) is 5.42. The van der Waals surface area contributed by atoms with Crippen LogP contribution in [0.25, 0.3) is 16.1 Å². The van der Waals surface area contributed by atoms with E-state index in [-0.39, 0.29) is 5.56 Å². The van der Waals surface area contributed by atoms with Crippen LogP contribution in [0.3, 0.4) is 0 Å². The minimum Gasteiger partial charge on any atom is -0.355 e. The van der Waals surface area contributed by atoms with Crippen molar-refractivity contribution in [3.05, 3.63) is 57.8 Å². The Hall–Kier alpha value is -3.07. The first kappa shape index (κ1) is 18.9. The summed E-state index contributed by atoms with van der Waals surface area (Å²) in [5, 5.41) is 9.97. The van der Waals surface area contributed by atoms with Crippen molar-refractivity contribution in [2.75, 3.05) is 18.0 Å². The Kier molecular flexibility index (Phi) is 4.82. The maximum absolute atomic E-state index is 12.4. The molecule has 0 amide bonds. The van der Waals surface area contributed by atoms with Gasteiger partial charge < -0.3 is 4.90 Å². The van der Waals surface area contributed by atoms with Crippen molar-refractivity contribution in [2.24, 2.45) is 5.92 Å². The number of aromatic nitrogens is 6. The lowest BCUT2D eigenvalue weighted by Crippen LogP contribution is -2.37. The van der Waals surface area contributed by atoms with Crippen molar-refractivity contribution in [3.63, 3.8) is 0 Å². The molecule has 0 radical (unpaired) electrons. The zero-order chi connectivity index (χ0) is 20.7. The summed E-state index contributed by atoms with van der Waals surface area (Å²) in [4.78, 5) is 24.8. The molecule has 0 saturated carbocycles. The first-order valence-electron chi connectivity index (χ1n) is 10.1. The zero-order valence-corrected chi connectivity index (χ0v) is 17.8. The van der Waals surface area contributed by atoms with Crippen molar-refractivity contribution in [2.45, 2.75) is 33.2 Å². The smallest absolute Gasteiger partial charge is 0.266 e. The van der Waals surface area contributed by atoms with Gasteiger partial charge in [-0.3, -0.25) is 4.79 Å². The number of piperidine rings is 1. The molecule has 0 spiro atoms. The zero-order valence-electron chi connectivity index (χ0n) is 17.0. The second kappa shape index (κ2) is 7.64. The van der Waals surface area contributed by atoms with Gasteiger partial charge in [-0.25, -0.2) is 19.2 Å². The van der Waals surface area contributed by atoms with Crippen molar-refractivity contribution < 1.29 is 0 Å². The largest absolute Gasteiger partial charge is 0.355 e. The predicted molar refractivity (Wildman–Crippen MR) is 117 cm³/mol. The molecule has 8 nitrogen and oxygen atoms in total. The number of fused-ring (bicyclic) bond motifs is 1.